The minimum Gasteiger partial charge on any atom is -0.380 e. The predicted octanol–water partition coefficient (Wildman–Crippen LogP) is 2.02. The summed E-state index contributed by atoms with van der Waals surface area (Å²) < 4.78 is 5.27. The van der Waals surface area contributed by atoms with Gasteiger partial charge in [0.1, 0.15) is 0 Å². The number of hydrogen-bond donors (Lipinski definition) is 1. The first-order chi connectivity index (χ1) is 8.31. The number of nitrogens with zero attached hydrogens (tertiary/aromatic N) is 1. The van der Waals surface area contributed by atoms with Crippen LogP contribution in [-0.4, -0.2) is 32.8 Å². The smallest absolute Gasteiger partial charge is 0.0733 e. The molecule has 3 nitrogen and oxygen atoms in total. The molecule has 1 unspecified atom stereocenters. The van der Waals surface area contributed by atoms with E-state index in [9.17, 15) is 0 Å². The molecule has 94 valence electrons. The third-order valence-electron chi connectivity index (χ3n) is 3.34. The van der Waals surface area contributed by atoms with E-state index >= 15 is 0 Å². The summed E-state index contributed by atoms with van der Waals surface area (Å²) in [6.45, 7) is 6.20. The van der Waals surface area contributed by atoms with Gasteiger partial charge in [-0.25, -0.2) is 0 Å². The fourth-order valence-electron chi connectivity index (χ4n) is 2.35. The molecule has 1 aromatic rings. The molecule has 1 fully saturated rings. The van der Waals surface area contributed by atoms with Crippen molar-refractivity contribution in [3.63, 3.8) is 0 Å². The number of ether oxygens (including phenoxy) is 1. The summed E-state index contributed by atoms with van der Waals surface area (Å²) in [6.07, 6.45) is 1.20. The summed E-state index contributed by atoms with van der Waals surface area (Å²) in [5.74, 6) is 0. The van der Waals surface area contributed by atoms with Gasteiger partial charge < -0.3 is 15.0 Å². The van der Waals surface area contributed by atoms with Crippen molar-refractivity contribution < 1.29 is 4.74 Å². The van der Waals surface area contributed by atoms with Crippen LogP contribution in [0, 0.1) is 0 Å². The Morgan fingerprint density at radius 1 is 1.35 bits per heavy atom. The van der Waals surface area contributed by atoms with E-state index in [1.807, 2.05) is 0 Å². The lowest BCUT2D eigenvalue weighted by Crippen LogP contribution is -2.29. The zero-order valence-corrected chi connectivity index (χ0v) is 10.8. The van der Waals surface area contributed by atoms with E-state index < -0.39 is 0 Å². The molecule has 0 radical (unpaired) electrons. The molecule has 0 aromatic heterocycles. The van der Waals surface area contributed by atoms with Crippen LogP contribution < -0.4 is 10.2 Å². The minimum atomic E-state index is 0.620. The zero-order valence-electron chi connectivity index (χ0n) is 10.8. The van der Waals surface area contributed by atoms with Gasteiger partial charge >= 0.3 is 0 Å². The van der Waals surface area contributed by atoms with Crippen LogP contribution in [0.3, 0.4) is 0 Å². The van der Waals surface area contributed by atoms with Gasteiger partial charge in [-0.3, -0.25) is 0 Å². The van der Waals surface area contributed by atoms with Gasteiger partial charge in [-0.05, 0) is 19.4 Å². The molecule has 3 heteroatoms. The van der Waals surface area contributed by atoms with Crippen molar-refractivity contribution in [2.45, 2.75) is 26.0 Å². The lowest BCUT2D eigenvalue weighted by Gasteiger charge is -2.25. The zero-order chi connectivity index (χ0) is 12.1. The van der Waals surface area contributed by atoms with E-state index in [1.165, 1.54) is 17.7 Å². The van der Waals surface area contributed by atoms with Crippen molar-refractivity contribution in [1.82, 2.24) is 5.32 Å². The Kier molecular flexibility index (Phi) is 4.40. The van der Waals surface area contributed by atoms with Crippen LogP contribution in [0.2, 0.25) is 0 Å². The average molecular weight is 234 g/mol. The van der Waals surface area contributed by atoms with E-state index in [-0.39, 0.29) is 0 Å². The van der Waals surface area contributed by atoms with E-state index in [0.29, 0.717) is 12.6 Å². The maximum Gasteiger partial charge on any atom is 0.0733 e. The molecule has 0 aliphatic carbocycles. The van der Waals surface area contributed by atoms with Gasteiger partial charge in [0, 0.05) is 44.0 Å². The first kappa shape index (κ1) is 12.4. The Morgan fingerprint density at radius 2 is 2.18 bits per heavy atom. The van der Waals surface area contributed by atoms with Crippen molar-refractivity contribution in [3.8, 4) is 0 Å². The Bertz CT molecular complexity index is 354. The standard InChI is InChI=1S/C14H22N2O/c1-12-7-9-16(10-8-15-12)14-6-4-3-5-13(14)11-17-2/h3-6,12,15H,7-11H2,1-2H3. The second-order valence-electron chi connectivity index (χ2n) is 4.69. The van der Waals surface area contributed by atoms with Crippen LogP contribution in [0.5, 0.6) is 0 Å². The topological polar surface area (TPSA) is 24.5 Å². The molecule has 17 heavy (non-hydrogen) atoms. The quantitative estimate of drug-likeness (QED) is 0.866. The monoisotopic (exact) mass is 234 g/mol. The molecule has 0 bridgehead atoms. The van der Waals surface area contributed by atoms with Gasteiger partial charge in [0.25, 0.3) is 0 Å². The second-order valence-corrected chi connectivity index (χ2v) is 4.69. The van der Waals surface area contributed by atoms with Crippen LogP contribution in [0.1, 0.15) is 18.9 Å². The van der Waals surface area contributed by atoms with Gasteiger partial charge in [-0.1, -0.05) is 18.2 Å². The number of nitrogens with one attached hydrogen (secondary N) is 1. The maximum absolute atomic E-state index is 5.27. The van der Waals surface area contributed by atoms with Gasteiger partial charge in [0.15, 0.2) is 0 Å². The first-order valence-electron chi connectivity index (χ1n) is 6.36. The highest BCUT2D eigenvalue weighted by molar-refractivity contribution is 5.53. The van der Waals surface area contributed by atoms with Crippen LogP contribution in [0.4, 0.5) is 5.69 Å². The molecule has 0 spiro atoms. The summed E-state index contributed by atoms with van der Waals surface area (Å²) >= 11 is 0. The highest BCUT2D eigenvalue weighted by atomic mass is 16.5. The Labute approximate surface area is 104 Å². The van der Waals surface area contributed by atoms with E-state index in [2.05, 4.69) is 41.4 Å². The van der Waals surface area contributed by atoms with Crippen molar-refractivity contribution >= 4 is 5.69 Å². The van der Waals surface area contributed by atoms with Gasteiger partial charge in [0.2, 0.25) is 0 Å². The van der Waals surface area contributed by atoms with Crippen LogP contribution in [-0.2, 0) is 11.3 Å². The van der Waals surface area contributed by atoms with Crippen molar-refractivity contribution in [3.05, 3.63) is 29.8 Å². The molecule has 1 heterocycles. The summed E-state index contributed by atoms with van der Waals surface area (Å²) in [6, 6.07) is 9.16. The van der Waals surface area contributed by atoms with E-state index in [0.717, 1.165) is 19.6 Å². The highest BCUT2D eigenvalue weighted by Crippen LogP contribution is 2.22. The maximum atomic E-state index is 5.27. The molecular formula is C14H22N2O. The summed E-state index contributed by atoms with van der Waals surface area (Å²) in [5, 5.41) is 3.52. The predicted molar refractivity (Wildman–Crippen MR) is 71.4 cm³/mol. The van der Waals surface area contributed by atoms with Crippen molar-refractivity contribution in [1.29, 1.82) is 0 Å². The normalized spacial score (nSPS) is 21.3. The molecule has 0 amide bonds. The van der Waals surface area contributed by atoms with Crippen LogP contribution in [0.25, 0.3) is 0 Å². The van der Waals surface area contributed by atoms with Gasteiger partial charge in [0.05, 0.1) is 6.61 Å². The molecule has 1 aliphatic rings. The number of para-hydroxylation sites is 1. The number of benzene rings is 1. The first-order valence-corrected chi connectivity index (χ1v) is 6.36. The largest absolute Gasteiger partial charge is 0.380 e. The Hall–Kier alpha value is -1.06. The minimum absolute atomic E-state index is 0.620. The number of hydrogen-bond acceptors (Lipinski definition) is 3. The van der Waals surface area contributed by atoms with E-state index in [4.69, 9.17) is 4.74 Å². The number of rotatable bonds is 3. The highest BCUT2D eigenvalue weighted by Gasteiger charge is 2.15. The molecule has 1 saturated heterocycles. The lowest BCUT2D eigenvalue weighted by molar-refractivity contribution is 0.185. The Morgan fingerprint density at radius 3 is 3.00 bits per heavy atom. The van der Waals surface area contributed by atoms with E-state index in [1.54, 1.807) is 7.11 Å². The summed E-state index contributed by atoms with van der Waals surface area (Å²) in [4.78, 5) is 2.46. The van der Waals surface area contributed by atoms with Gasteiger partial charge in [-0.15, -0.1) is 0 Å². The summed E-state index contributed by atoms with van der Waals surface area (Å²) in [7, 11) is 1.75. The number of methoxy groups -OCH3 is 1. The van der Waals surface area contributed by atoms with Crippen molar-refractivity contribution in [2.75, 3.05) is 31.6 Å². The molecule has 0 saturated carbocycles. The Balaban J connectivity index is 2.14. The van der Waals surface area contributed by atoms with Crippen LogP contribution in [0.15, 0.2) is 24.3 Å². The molecule has 1 atom stereocenters. The molecule has 1 N–H and O–H groups in total. The molecule has 1 aliphatic heterocycles. The fourth-order valence-corrected chi connectivity index (χ4v) is 2.35. The third kappa shape index (κ3) is 3.20. The van der Waals surface area contributed by atoms with Crippen LogP contribution >= 0.6 is 0 Å². The van der Waals surface area contributed by atoms with Gasteiger partial charge in [-0.2, -0.15) is 0 Å². The fraction of sp³-hybridized carbons (Fsp3) is 0.571. The molecule has 2 rings (SSSR count). The third-order valence-corrected chi connectivity index (χ3v) is 3.34. The average Bonchev–Trinajstić information content (AvgIpc) is 2.55. The number of anilines is 1. The SMILES string of the molecule is COCc1ccccc1N1CCNC(C)CC1. The molecular weight excluding hydrogens is 212 g/mol. The van der Waals surface area contributed by atoms with Crippen molar-refractivity contribution in [2.24, 2.45) is 0 Å². The molecule has 1 aromatic carbocycles. The summed E-state index contributed by atoms with van der Waals surface area (Å²) in [5.41, 5.74) is 2.61. The second kappa shape index (κ2) is 6.03. The lowest BCUT2D eigenvalue weighted by atomic mass is 10.1.